The highest BCUT2D eigenvalue weighted by atomic mass is 32.2. The molecule has 1 aromatic carbocycles. The van der Waals surface area contributed by atoms with Gasteiger partial charge >= 0.3 is 0 Å². The number of benzene rings is 1. The van der Waals surface area contributed by atoms with E-state index in [2.05, 4.69) is 15.5 Å². The summed E-state index contributed by atoms with van der Waals surface area (Å²) < 4.78 is 34.0. The molecule has 0 spiro atoms. The molecule has 0 unspecified atom stereocenters. The van der Waals surface area contributed by atoms with Gasteiger partial charge in [-0.2, -0.15) is 4.31 Å². The summed E-state index contributed by atoms with van der Waals surface area (Å²) in [5.74, 6) is 0. The van der Waals surface area contributed by atoms with E-state index in [0.29, 0.717) is 25.4 Å². The lowest BCUT2D eigenvalue weighted by atomic mass is 10.1. The Morgan fingerprint density at radius 2 is 1.95 bits per heavy atom. The number of rotatable bonds is 3. The zero-order valence-electron chi connectivity index (χ0n) is 12.4. The molecule has 118 valence electrons. The molecule has 0 amide bonds. The van der Waals surface area contributed by atoms with Gasteiger partial charge in [0, 0.05) is 6.54 Å². The van der Waals surface area contributed by atoms with E-state index in [-0.39, 0.29) is 4.90 Å². The average molecular weight is 323 g/mol. The first-order valence-corrected chi connectivity index (χ1v) is 8.29. The van der Waals surface area contributed by atoms with Gasteiger partial charge in [0.1, 0.15) is 6.33 Å². The van der Waals surface area contributed by atoms with Crippen LogP contribution in [-0.2, 0) is 14.8 Å². The summed E-state index contributed by atoms with van der Waals surface area (Å²) >= 11 is 0. The summed E-state index contributed by atoms with van der Waals surface area (Å²) in [6.45, 7) is 4.86. The Kier molecular flexibility index (Phi) is 3.71. The SMILES string of the molecule is CC1(C)COCCN1S(=O)(=O)c1ccc(-n2cnnn2)cc1. The monoisotopic (exact) mass is 323 g/mol. The minimum Gasteiger partial charge on any atom is -0.378 e. The molecular formula is C13H17N5O3S. The second kappa shape index (κ2) is 5.41. The fourth-order valence-electron chi connectivity index (χ4n) is 2.47. The largest absolute Gasteiger partial charge is 0.378 e. The maximum Gasteiger partial charge on any atom is 0.243 e. The van der Waals surface area contributed by atoms with Crippen LogP contribution in [0.4, 0.5) is 0 Å². The molecule has 0 N–H and O–H groups in total. The highest BCUT2D eigenvalue weighted by Crippen LogP contribution is 2.27. The highest BCUT2D eigenvalue weighted by Gasteiger charge is 2.39. The van der Waals surface area contributed by atoms with Crippen molar-refractivity contribution in [2.24, 2.45) is 0 Å². The fraction of sp³-hybridized carbons (Fsp3) is 0.462. The van der Waals surface area contributed by atoms with Gasteiger partial charge in [0.2, 0.25) is 10.0 Å². The number of hydrogen-bond donors (Lipinski definition) is 0. The molecule has 1 fully saturated rings. The maximum absolute atomic E-state index is 12.8. The number of tetrazole rings is 1. The zero-order chi connectivity index (χ0) is 15.8. The Balaban J connectivity index is 1.92. The molecular weight excluding hydrogens is 306 g/mol. The summed E-state index contributed by atoms with van der Waals surface area (Å²) in [6, 6.07) is 6.49. The lowest BCUT2D eigenvalue weighted by molar-refractivity contribution is -0.00770. The second-order valence-electron chi connectivity index (χ2n) is 5.69. The van der Waals surface area contributed by atoms with Gasteiger partial charge in [-0.05, 0) is 48.5 Å². The van der Waals surface area contributed by atoms with Crippen LogP contribution < -0.4 is 0 Å². The minimum atomic E-state index is -3.56. The van der Waals surface area contributed by atoms with E-state index >= 15 is 0 Å². The number of sulfonamides is 1. The smallest absolute Gasteiger partial charge is 0.243 e. The third-order valence-corrected chi connectivity index (χ3v) is 5.73. The lowest BCUT2D eigenvalue weighted by Crippen LogP contribution is -2.55. The minimum absolute atomic E-state index is 0.249. The summed E-state index contributed by atoms with van der Waals surface area (Å²) in [6.07, 6.45) is 1.45. The fourth-order valence-corrected chi connectivity index (χ4v) is 4.22. The molecule has 0 saturated carbocycles. The van der Waals surface area contributed by atoms with E-state index in [9.17, 15) is 8.42 Å². The van der Waals surface area contributed by atoms with E-state index in [1.165, 1.54) is 15.3 Å². The third kappa shape index (κ3) is 2.62. The first-order valence-electron chi connectivity index (χ1n) is 6.85. The molecule has 9 heteroatoms. The first kappa shape index (κ1) is 15.1. The van der Waals surface area contributed by atoms with Crippen LogP contribution in [-0.4, -0.2) is 58.2 Å². The van der Waals surface area contributed by atoms with Crippen molar-refractivity contribution < 1.29 is 13.2 Å². The summed E-state index contributed by atoms with van der Waals surface area (Å²) in [7, 11) is -3.56. The van der Waals surface area contributed by atoms with Crippen LogP contribution in [0.1, 0.15) is 13.8 Å². The molecule has 8 nitrogen and oxygen atoms in total. The molecule has 2 aromatic rings. The molecule has 22 heavy (non-hydrogen) atoms. The summed E-state index contributed by atoms with van der Waals surface area (Å²) in [4.78, 5) is 0.249. The zero-order valence-corrected chi connectivity index (χ0v) is 13.2. The summed E-state index contributed by atoms with van der Waals surface area (Å²) in [5.41, 5.74) is 0.135. The van der Waals surface area contributed by atoms with Crippen molar-refractivity contribution in [1.82, 2.24) is 24.5 Å². The Labute approximate surface area is 128 Å². The quantitative estimate of drug-likeness (QED) is 0.815. The number of ether oxygens (including phenoxy) is 1. The standard InChI is InChI=1S/C13H17N5O3S/c1-13(2)9-21-8-7-18(13)22(19,20)12-5-3-11(4-6-12)17-10-14-15-16-17/h3-6,10H,7-9H2,1-2H3. The molecule has 0 aliphatic carbocycles. The van der Waals surface area contributed by atoms with Gasteiger partial charge < -0.3 is 4.74 Å². The van der Waals surface area contributed by atoms with Gasteiger partial charge in [0.05, 0.1) is 29.3 Å². The first-order chi connectivity index (χ1) is 10.4. The van der Waals surface area contributed by atoms with Crippen molar-refractivity contribution in [2.45, 2.75) is 24.3 Å². The van der Waals surface area contributed by atoms with Crippen molar-refractivity contribution in [1.29, 1.82) is 0 Å². The molecule has 1 aliphatic rings. The molecule has 1 aliphatic heterocycles. The van der Waals surface area contributed by atoms with Crippen molar-refractivity contribution in [3.05, 3.63) is 30.6 Å². The normalized spacial score (nSPS) is 19.2. The number of hydrogen-bond acceptors (Lipinski definition) is 6. The van der Waals surface area contributed by atoms with Gasteiger partial charge in [0.25, 0.3) is 0 Å². The Morgan fingerprint density at radius 1 is 1.23 bits per heavy atom. The topological polar surface area (TPSA) is 90.2 Å². The van der Waals surface area contributed by atoms with Crippen LogP contribution in [0.5, 0.6) is 0 Å². The van der Waals surface area contributed by atoms with Crippen molar-refractivity contribution in [2.75, 3.05) is 19.8 Å². The van der Waals surface area contributed by atoms with Crippen LogP contribution in [0.25, 0.3) is 5.69 Å². The lowest BCUT2D eigenvalue weighted by Gasteiger charge is -2.40. The molecule has 2 heterocycles. The van der Waals surface area contributed by atoms with E-state index in [1.807, 2.05) is 13.8 Å². The summed E-state index contributed by atoms with van der Waals surface area (Å²) in [5, 5.41) is 10.9. The number of nitrogens with zero attached hydrogens (tertiary/aromatic N) is 5. The predicted molar refractivity (Wildman–Crippen MR) is 77.9 cm³/mol. The molecule has 3 rings (SSSR count). The third-order valence-electron chi connectivity index (χ3n) is 3.61. The molecule has 0 bridgehead atoms. The van der Waals surface area contributed by atoms with Gasteiger partial charge in [-0.3, -0.25) is 0 Å². The highest BCUT2D eigenvalue weighted by molar-refractivity contribution is 7.89. The molecule has 1 saturated heterocycles. The second-order valence-corrected chi connectivity index (χ2v) is 7.55. The average Bonchev–Trinajstić information content (AvgIpc) is 3.01. The van der Waals surface area contributed by atoms with Gasteiger partial charge in [-0.25, -0.2) is 13.1 Å². The van der Waals surface area contributed by atoms with Crippen LogP contribution in [0, 0.1) is 0 Å². The molecule has 0 atom stereocenters. The van der Waals surface area contributed by atoms with Crippen LogP contribution in [0.15, 0.2) is 35.5 Å². The van der Waals surface area contributed by atoms with Gasteiger partial charge in [-0.1, -0.05) is 0 Å². The number of morpholine rings is 1. The van der Waals surface area contributed by atoms with Gasteiger partial charge in [-0.15, -0.1) is 5.10 Å². The molecule has 1 aromatic heterocycles. The van der Waals surface area contributed by atoms with Crippen molar-refractivity contribution >= 4 is 10.0 Å². The Morgan fingerprint density at radius 3 is 2.55 bits per heavy atom. The Bertz CT molecular complexity index is 740. The number of aromatic nitrogens is 4. The Hall–Kier alpha value is -1.84. The van der Waals surface area contributed by atoms with Crippen LogP contribution in [0.2, 0.25) is 0 Å². The van der Waals surface area contributed by atoms with Crippen molar-refractivity contribution in [3.8, 4) is 5.69 Å². The van der Waals surface area contributed by atoms with E-state index in [4.69, 9.17) is 4.74 Å². The van der Waals surface area contributed by atoms with Crippen molar-refractivity contribution in [3.63, 3.8) is 0 Å². The van der Waals surface area contributed by atoms with E-state index in [0.717, 1.165) is 0 Å². The van der Waals surface area contributed by atoms with E-state index in [1.54, 1.807) is 24.3 Å². The van der Waals surface area contributed by atoms with Crippen LogP contribution in [0.3, 0.4) is 0 Å². The predicted octanol–water partition coefficient (Wildman–Crippen LogP) is 0.462. The van der Waals surface area contributed by atoms with E-state index < -0.39 is 15.6 Å². The molecule has 0 radical (unpaired) electrons. The van der Waals surface area contributed by atoms with Crippen LogP contribution >= 0.6 is 0 Å². The van der Waals surface area contributed by atoms with Gasteiger partial charge in [0.15, 0.2) is 0 Å². The maximum atomic E-state index is 12.8.